The highest BCUT2D eigenvalue weighted by molar-refractivity contribution is 6.30. The zero-order valence-electron chi connectivity index (χ0n) is 34.7. The molecular formula is C44H49ClF2N8O9. The Morgan fingerprint density at radius 2 is 1.45 bits per heavy atom. The first-order chi connectivity index (χ1) is 30.2. The van der Waals surface area contributed by atoms with Crippen molar-refractivity contribution < 1.29 is 52.9 Å². The molecule has 6 atom stereocenters. The second kappa shape index (κ2) is 20.8. The van der Waals surface area contributed by atoms with Gasteiger partial charge in [0.25, 0.3) is 5.91 Å². The second-order valence-electron chi connectivity index (χ2n) is 15.3. The van der Waals surface area contributed by atoms with Crippen molar-refractivity contribution in [2.24, 2.45) is 17.2 Å². The van der Waals surface area contributed by atoms with E-state index in [-0.39, 0.29) is 45.7 Å². The molecule has 0 saturated heterocycles. The van der Waals surface area contributed by atoms with Crippen molar-refractivity contribution in [1.82, 2.24) is 26.2 Å². The van der Waals surface area contributed by atoms with Gasteiger partial charge in [0.15, 0.2) is 6.23 Å². The van der Waals surface area contributed by atoms with Crippen LogP contribution in [-0.4, -0.2) is 106 Å². The van der Waals surface area contributed by atoms with Gasteiger partial charge < -0.3 is 58.7 Å². The maximum Gasteiger partial charge on any atom is 0.346 e. The molecule has 0 fully saturated rings. The molecule has 5 rings (SSSR count). The molecule has 1 aliphatic heterocycles. The van der Waals surface area contributed by atoms with Crippen LogP contribution in [0.3, 0.4) is 0 Å². The highest BCUT2D eigenvalue weighted by Crippen LogP contribution is 2.39. The fourth-order valence-corrected chi connectivity index (χ4v) is 7.14. The first-order valence-corrected chi connectivity index (χ1v) is 20.4. The summed E-state index contributed by atoms with van der Waals surface area (Å²) < 4.78 is 28.4. The Hall–Kier alpha value is -6.51. The number of carbonyl (C=O) groups excluding carboxylic acids is 6. The van der Waals surface area contributed by atoms with Crippen molar-refractivity contribution in [3.8, 4) is 33.8 Å². The molecule has 64 heavy (non-hydrogen) atoms. The van der Waals surface area contributed by atoms with Crippen molar-refractivity contribution in [3.05, 3.63) is 107 Å². The van der Waals surface area contributed by atoms with Gasteiger partial charge in [-0.2, -0.15) is 8.78 Å². The van der Waals surface area contributed by atoms with E-state index >= 15 is 0 Å². The number of likely N-dealkylation sites (N-methyl/N-ethyl adjacent to an activating group) is 1. The third kappa shape index (κ3) is 11.3. The standard InChI is InChI=1S/C44H49ClF2N8O9/c1-22-38(59)53-32(40(61)54-37(49)36(58)44(46,47)43(50)64)20-23-6-16-33(56)29(19-23)30-21-27(13-17-34(30)57)35(41(62)51-22)55(2)42(63)31(5-3-4-18-48)52-39(60)26-9-7-24(8-10-26)25-11-14-28(45)15-12-25/h6-17,19,21-22,31-32,35,37,43,56-57,64H,3-5,18,20,48-50H2,1-2H3,(H,51,62)(H,52,60)(H,53,59)(H,54,61)/t22-,31-,32-,35-,37+,43?/m0/s1. The number of unbranched alkanes of at least 4 members (excludes halogenated alkanes) is 1. The van der Waals surface area contributed by atoms with Gasteiger partial charge in [-0.05, 0) is 104 Å². The lowest BCUT2D eigenvalue weighted by Crippen LogP contribution is -2.62. The molecule has 4 bridgehead atoms. The molecule has 0 radical (unpaired) electrons. The molecule has 5 amide bonds. The lowest BCUT2D eigenvalue weighted by molar-refractivity contribution is -0.163. The average Bonchev–Trinajstić information content (AvgIpc) is 3.26. The van der Waals surface area contributed by atoms with Crippen molar-refractivity contribution in [2.45, 2.75) is 75.1 Å². The highest BCUT2D eigenvalue weighted by Gasteiger charge is 2.48. The summed E-state index contributed by atoms with van der Waals surface area (Å²) in [7, 11) is 1.31. The number of Topliss-reactive ketones (excluding diaryl/α,β-unsaturated/α-hetero) is 1. The zero-order valence-corrected chi connectivity index (χ0v) is 35.4. The molecule has 0 saturated carbocycles. The molecule has 20 heteroatoms. The number of phenols is 2. The van der Waals surface area contributed by atoms with Gasteiger partial charge in [-0.1, -0.05) is 48.0 Å². The number of hydrogen-bond acceptors (Lipinski definition) is 12. The summed E-state index contributed by atoms with van der Waals surface area (Å²) in [5.74, 6) is -11.8. The summed E-state index contributed by atoms with van der Waals surface area (Å²) in [5, 5.41) is 41.5. The highest BCUT2D eigenvalue weighted by atomic mass is 35.5. The number of phenolic OH excluding ortho intramolecular Hbond substituents is 2. The molecule has 1 aliphatic rings. The minimum Gasteiger partial charge on any atom is -0.507 e. The number of amides is 5. The van der Waals surface area contributed by atoms with Crippen LogP contribution in [0.25, 0.3) is 22.3 Å². The lowest BCUT2D eigenvalue weighted by Gasteiger charge is -2.32. The molecule has 1 unspecified atom stereocenters. The van der Waals surface area contributed by atoms with Crippen LogP contribution in [0, 0.1) is 0 Å². The summed E-state index contributed by atoms with van der Waals surface area (Å²) in [4.78, 5) is 83.1. The fourth-order valence-electron chi connectivity index (χ4n) is 7.01. The van der Waals surface area contributed by atoms with E-state index in [0.29, 0.717) is 24.4 Å². The molecule has 340 valence electrons. The van der Waals surface area contributed by atoms with E-state index in [1.807, 2.05) is 17.4 Å². The number of fused-ring (bicyclic) bond motifs is 5. The van der Waals surface area contributed by atoms with E-state index in [4.69, 9.17) is 28.8 Å². The van der Waals surface area contributed by atoms with Gasteiger partial charge >= 0.3 is 5.92 Å². The Balaban J connectivity index is 1.49. The van der Waals surface area contributed by atoms with Crippen LogP contribution in [0.1, 0.15) is 53.7 Å². The van der Waals surface area contributed by atoms with Crippen LogP contribution < -0.4 is 38.5 Å². The number of halogens is 3. The predicted octanol–water partition coefficient (Wildman–Crippen LogP) is 1.94. The van der Waals surface area contributed by atoms with E-state index in [2.05, 4.69) is 16.0 Å². The first-order valence-electron chi connectivity index (χ1n) is 20.0. The topological polar surface area (TPSA) is 293 Å². The molecule has 0 aliphatic carbocycles. The maximum atomic E-state index is 14.5. The number of nitrogens with two attached hydrogens (primary N) is 3. The number of rotatable bonds is 14. The molecular weight excluding hydrogens is 858 g/mol. The van der Waals surface area contributed by atoms with Gasteiger partial charge in [-0.3, -0.25) is 28.8 Å². The maximum absolute atomic E-state index is 14.5. The number of aromatic hydroxyl groups is 2. The zero-order chi connectivity index (χ0) is 47.0. The van der Waals surface area contributed by atoms with Crippen molar-refractivity contribution >= 4 is 46.9 Å². The molecule has 17 nitrogen and oxygen atoms in total. The lowest BCUT2D eigenvalue weighted by atomic mass is 9.93. The van der Waals surface area contributed by atoms with Gasteiger partial charge in [0.1, 0.15) is 41.8 Å². The monoisotopic (exact) mass is 906 g/mol. The van der Waals surface area contributed by atoms with E-state index in [0.717, 1.165) is 16.0 Å². The van der Waals surface area contributed by atoms with Gasteiger partial charge in [-0.25, -0.2) is 0 Å². The average molecular weight is 907 g/mol. The van der Waals surface area contributed by atoms with Gasteiger partial charge in [-0.15, -0.1) is 0 Å². The number of hydrogen-bond donors (Lipinski definition) is 10. The Kier molecular flexibility index (Phi) is 15.8. The molecule has 13 N–H and O–H groups in total. The minimum absolute atomic E-state index is 0.0154. The molecule has 4 aromatic carbocycles. The number of benzene rings is 4. The fraction of sp³-hybridized carbons (Fsp3) is 0.318. The molecule has 0 spiro atoms. The first kappa shape index (κ1) is 48.5. The Morgan fingerprint density at radius 3 is 2.06 bits per heavy atom. The van der Waals surface area contributed by atoms with Crippen molar-refractivity contribution in [3.63, 3.8) is 0 Å². The molecule has 4 aromatic rings. The van der Waals surface area contributed by atoms with Crippen molar-refractivity contribution in [1.29, 1.82) is 0 Å². The van der Waals surface area contributed by atoms with Gasteiger partial charge in [0.2, 0.25) is 29.4 Å². The van der Waals surface area contributed by atoms with E-state index in [1.54, 1.807) is 36.4 Å². The summed E-state index contributed by atoms with van der Waals surface area (Å²) >= 11 is 6.03. The smallest absolute Gasteiger partial charge is 0.346 e. The third-order valence-corrected chi connectivity index (χ3v) is 10.9. The normalized spacial score (nSPS) is 18.0. The summed E-state index contributed by atoms with van der Waals surface area (Å²) in [5.41, 5.74) is 18.4. The number of nitrogens with zero attached hydrogens (tertiary/aromatic N) is 1. The molecule has 0 aromatic heterocycles. The summed E-state index contributed by atoms with van der Waals surface area (Å²) in [6, 6.07) is 15.9. The van der Waals surface area contributed by atoms with E-state index in [1.165, 1.54) is 50.4 Å². The summed E-state index contributed by atoms with van der Waals surface area (Å²) in [6.07, 6.45) is -4.69. The number of aliphatic hydroxyl groups is 1. The second-order valence-corrected chi connectivity index (χ2v) is 15.7. The number of nitrogens with one attached hydrogen (secondary N) is 4. The van der Waals surface area contributed by atoms with Crippen LogP contribution in [0.2, 0.25) is 5.02 Å². The Morgan fingerprint density at radius 1 is 0.859 bits per heavy atom. The SMILES string of the molecule is C[C@@H]1NC(=O)[C@@H](N(C)C(=O)[C@H](CCCCN)NC(=O)c2ccc(-c3ccc(Cl)cc3)cc2)c2ccc(O)c(c2)-c2cc(ccc2O)C[C@@H](C(=O)N[C@@H](N)C(=O)C(F)(F)C(N)O)NC1=O. The van der Waals surface area contributed by atoms with Gasteiger partial charge in [0, 0.05) is 35.2 Å². The van der Waals surface area contributed by atoms with E-state index in [9.17, 15) is 52.9 Å². The Labute approximate surface area is 371 Å². The van der Waals surface area contributed by atoms with Crippen LogP contribution in [0.15, 0.2) is 84.9 Å². The number of carbonyl (C=O) groups is 6. The predicted molar refractivity (Wildman–Crippen MR) is 231 cm³/mol. The van der Waals surface area contributed by atoms with E-state index < -0.39 is 84.2 Å². The molecule has 1 heterocycles. The quantitative estimate of drug-likeness (QED) is 0.0642. The minimum atomic E-state index is -4.55. The van der Waals surface area contributed by atoms with Crippen molar-refractivity contribution in [2.75, 3.05) is 13.6 Å². The van der Waals surface area contributed by atoms with Crippen LogP contribution >= 0.6 is 11.6 Å². The number of ketones is 1. The van der Waals surface area contributed by atoms with Crippen LogP contribution in [0.5, 0.6) is 11.5 Å². The van der Waals surface area contributed by atoms with Gasteiger partial charge in [0.05, 0.1) is 0 Å². The Bertz CT molecular complexity index is 2390. The van der Waals surface area contributed by atoms with Crippen LogP contribution in [-0.2, 0) is 30.4 Å². The number of aliphatic hydroxyl groups excluding tert-OH is 1. The number of alkyl halides is 2. The van der Waals surface area contributed by atoms with Crippen LogP contribution in [0.4, 0.5) is 8.78 Å². The summed E-state index contributed by atoms with van der Waals surface area (Å²) in [6.45, 7) is 1.56. The largest absolute Gasteiger partial charge is 0.507 e. The third-order valence-electron chi connectivity index (χ3n) is 10.7.